The Morgan fingerprint density at radius 2 is 2.00 bits per heavy atom. The van der Waals surface area contributed by atoms with Crippen molar-refractivity contribution in [1.29, 1.82) is 0 Å². The topological polar surface area (TPSA) is 61.2 Å². The third kappa shape index (κ3) is 2.61. The van der Waals surface area contributed by atoms with E-state index in [4.69, 9.17) is 4.74 Å². The predicted molar refractivity (Wildman–Crippen MR) is 83.1 cm³/mol. The molecular formula is C17H14N2O3. The lowest BCUT2D eigenvalue weighted by atomic mass is 10.2. The van der Waals surface area contributed by atoms with Crippen LogP contribution in [0, 0.1) is 0 Å². The average molecular weight is 294 g/mol. The first-order valence-corrected chi connectivity index (χ1v) is 6.82. The zero-order valence-electron chi connectivity index (χ0n) is 12.0. The lowest BCUT2D eigenvalue weighted by Crippen LogP contribution is -2.23. The number of ether oxygens (including phenoxy) is 1. The number of aldehydes is 1. The maximum atomic E-state index is 12.3. The summed E-state index contributed by atoms with van der Waals surface area (Å²) in [5, 5.41) is 0.580. The van der Waals surface area contributed by atoms with Gasteiger partial charge in [-0.2, -0.15) is 0 Å². The second-order valence-corrected chi connectivity index (χ2v) is 4.89. The van der Waals surface area contributed by atoms with Crippen molar-refractivity contribution in [2.45, 2.75) is 6.61 Å². The Hall–Kier alpha value is -2.95. The van der Waals surface area contributed by atoms with Gasteiger partial charge in [-0.05, 0) is 24.3 Å². The maximum absolute atomic E-state index is 12.3. The summed E-state index contributed by atoms with van der Waals surface area (Å²) >= 11 is 0. The Balaban J connectivity index is 1.92. The zero-order chi connectivity index (χ0) is 15.5. The Morgan fingerprint density at radius 3 is 2.82 bits per heavy atom. The standard InChI is InChI=1S/C17H14N2O3/c1-19-16(11-22-13-6-4-5-12(9-13)10-20)18-15-8-3-2-7-14(15)17(19)21/h2-10H,11H2,1H3. The second kappa shape index (κ2) is 5.81. The van der Waals surface area contributed by atoms with Gasteiger partial charge in [0.2, 0.25) is 0 Å². The molecule has 0 radical (unpaired) electrons. The minimum Gasteiger partial charge on any atom is -0.486 e. The predicted octanol–water partition coefficient (Wildman–Crippen LogP) is 2.33. The van der Waals surface area contributed by atoms with Gasteiger partial charge in [0.05, 0.1) is 10.9 Å². The number of benzene rings is 2. The van der Waals surface area contributed by atoms with E-state index in [0.29, 0.717) is 28.0 Å². The van der Waals surface area contributed by atoms with Gasteiger partial charge in [-0.25, -0.2) is 4.98 Å². The fourth-order valence-electron chi connectivity index (χ4n) is 2.22. The average Bonchev–Trinajstić information content (AvgIpc) is 2.57. The van der Waals surface area contributed by atoms with Crippen LogP contribution in [0.5, 0.6) is 5.75 Å². The van der Waals surface area contributed by atoms with E-state index in [1.807, 2.05) is 12.1 Å². The first-order chi connectivity index (χ1) is 10.7. The van der Waals surface area contributed by atoms with Crippen LogP contribution < -0.4 is 10.3 Å². The number of rotatable bonds is 4. The third-order valence-corrected chi connectivity index (χ3v) is 3.44. The Morgan fingerprint density at radius 1 is 1.18 bits per heavy atom. The molecule has 1 heterocycles. The summed E-state index contributed by atoms with van der Waals surface area (Å²) in [6.07, 6.45) is 0.761. The second-order valence-electron chi connectivity index (χ2n) is 4.89. The van der Waals surface area contributed by atoms with Crippen LogP contribution in [0.2, 0.25) is 0 Å². The number of aromatic nitrogens is 2. The Kier molecular flexibility index (Phi) is 3.70. The number of hydrogen-bond acceptors (Lipinski definition) is 4. The normalized spacial score (nSPS) is 10.6. The van der Waals surface area contributed by atoms with Crippen LogP contribution in [0.1, 0.15) is 16.2 Å². The number of fused-ring (bicyclic) bond motifs is 1. The van der Waals surface area contributed by atoms with Gasteiger partial charge in [-0.1, -0.05) is 24.3 Å². The molecule has 0 unspecified atom stereocenters. The minimum atomic E-state index is -0.106. The van der Waals surface area contributed by atoms with Gasteiger partial charge in [0.25, 0.3) is 5.56 Å². The molecule has 0 bridgehead atoms. The van der Waals surface area contributed by atoms with Crippen LogP contribution in [-0.4, -0.2) is 15.8 Å². The van der Waals surface area contributed by atoms with Crippen molar-refractivity contribution in [1.82, 2.24) is 9.55 Å². The van der Waals surface area contributed by atoms with Crippen molar-refractivity contribution in [2.24, 2.45) is 7.05 Å². The van der Waals surface area contributed by atoms with E-state index in [0.717, 1.165) is 6.29 Å². The molecule has 0 atom stereocenters. The number of carbonyl (C=O) groups is 1. The maximum Gasteiger partial charge on any atom is 0.261 e. The largest absolute Gasteiger partial charge is 0.486 e. The fraction of sp³-hybridized carbons (Fsp3) is 0.118. The molecule has 0 aliphatic rings. The highest BCUT2D eigenvalue weighted by molar-refractivity contribution is 5.77. The summed E-state index contributed by atoms with van der Waals surface area (Å²) in [5.74, 6) is 1.09. The highest BCUT2D eigenvalue weighted by atomic mass is 16.5. The fourth-order valence-corrected chi connectivity index (χ4v) is 2.22. The molecule has 0 saturated carbocycles. The highest BCUT2D eigenvalue weighted by Gasteiger charge is 2.08. The molecule has 5 heteroatoms. The molecule has 0 amide bonds. The molecule has 0 spiro atoms. The van der Waals surface area contributed by atoms with Crippen LogP contribution in [0.4, 0.5) is 0 Å². The summed E-state index contributed by atoms with van der Waals surface area (Å²) in [5.41, 5.74) is 1.08. The smallest absolute Gasteiger partial charge is 0.261 e. The molecule has 0 aliphatic heterocycles. The van der Waals surface area contributed by atoms with E-state index in [1.165, 1.54) is 4.57 Å². The summed E-state index contributed by atoms with van der Waals surface area (Å²) < 4.78 is 7.12. The quantitative estimate of drug-likeness (QED) is 0.693. The summed E-state index contributed by atoms with van der Waals surface area (Å²) in [6, 6.07) is 14.0. The first kappa shape index (κ1) is 14.0. The lowest BCUT2D eigenvalue weighted by molar-refractivity contribution is 0.112. The first-order valence-electron chi connectivity index (χ1n) is 6.82. The van der Waals surface area contributed by atoms with Gasteiger partial charge in [0, 0.05) is 12.6 Å². The van der Waals surface area contributed by atoms with Crippen molar-refractivity contribution < 1.29 is 9.53 Å². The number of carbonyl (C=O) groups excluding carboxylic acids is 1. The zero-order valence-corrected chi connectivity index (χ0v) is 12.0. The van der Waals surface area contributed by atoms with Gasteiger partial charge >= 0.3 is 0 Å². The van der Waals surface area contributed by atoms with Crippen LogP contribution in [0.3, 0.4) is 0 Å². The van der Waals surface area contributed by atoms with Gasteiger partial charge in [0.1, 0.15) is 24.5 Å². The molecule has 0 fully saturated rings. The highest BCUT2D eigenvalue weighted by Crippen LogP contribution is 2.14. The molecule has 3 rings (SSSR count). The molecule has 2 aromatic carbocycles. The molecular weight excluding hydrogens is 280 g/mol. The molecule has 0 saturated heterocycles. The van der Waals surface area contributed by atoms with Crippen LogP contribution in [-0.2, 0) is 13.7 Å². The van der Waals surface area contributed by atoms with Crippen molar-refractivity contribution in [3.05, 3.63) is 70.3 Å². The van der Waals surface area contributed by atoms with Crippen molar-refractivity contribution in [2.75, 3.05) is 0 Å². The number of para-hydroxylation sites is 1. The Bertz CT molecular complexity index is 900. The van der Waals surface area contributed by atoms with Crippen LogP contribution in [0.15, 0.2) is 53.3 Å². The van der Waals surface area contributed by atoms with E-state index in [9.17, 15) is 9.59 Å². The third-order valence-electron chi connectivity index (χ3n) is 3.44. The number of hydrogen-bond donors (Lipinski definition) is 0. The van der Waals surface area contributed by atoms with Gasteiger partial charge in [-0.15, -0.1) is 0 Å². The van der Waals surface area contributed by atoms with Gasteiger partial charge in [0.15, 0.2) is 0 Å². The number of nitrogens with zero attached hydrogens (tertiary/aromatic N) is 2. The monoisotopic (exact) mass is 294 g/mol. The molecule has 3 aromatic rings. The van der Waals surface area contributed by atoms with Gasteiger partial charge < -0.3 is 4.74 Å². The van der Waals surface area contributed by atoms with E-state index in [-0.39, 0.29) is 12.2 Å². The van der Waals surface area contributed by atoms with Gasteiger partial charge in [-0.3, -0.25) is 14.2 Å². The Labute approximate surface area is 126 Å². The summed E-state index contributed by atoms with van der Waals surface area (Å²) in [4.78, 5) is 27.5. The van der Waals surface area contributed by atoms with E-state index < -0.39 is 0 Å². The summed E-state index contributed by atoms with van der Waals surface area (Å²) in [6.45, 7) is 0.152. The van der Waals surface area contributed by atoms with Crippen molar-refractivity contribution in [3.63, 3.8) is 0 Å². The molecule has 0 aliphatic carbocycles. The molecule has 0 N–H and O–H groups in total. The van der Waals surface area contributed by atoms with Crippen molar-refractivity contribution >= 4 is 17.2 Å². The molecule has 5 nitrogen and oxygen atoms in total. The van der Waals surface area contributed by atoms with E-state index >= 15 is 0 Å². The van der Waals surface area contributed by atoms with E-state index in [1.54, 1.807) is 43.4 Å². The van der Waals surface area contributed by atoms with E-state index in [2.05, 4.69) is 4.98 Å². The molecule has 1 aromatic heterocycles. The SMILES string of the molecule is Cn1c(COc2cccc(C=O)c2)nc2ccccc2c1=O. The van der Waals surface area contributed by atoms with Crippen molar-refractivity contribution in [3.8, 4) is 5.75 Å². The minimum absolute atomic E-state index is 0.106. The molecule has 22 heavy (non-hydrogen) atoms. The molecule has 110 valence electrons. The lowest BCUT2D eigenvalue weighted by Gasteiger charge is -2.10. The van der Waals surface area contributed by atoms with Crippen LogP contribution in [0.25, 0.3) is 10.9 Å². The summed E-state index contributed by atoms with van der Waals surface area (Å²) in [7, 11) is 1.67. The van der Waals surface area contributed by atoms with Crippen LogP contribution >= 0.6 is 0 Å².